The summed E-state index contributed by atoms with van der Waals surface area (Å²) in [6, 6.07) is 0. The molecular weight excluding hydrogens is 197 g/mol. The average Bonchev–Trinajstić information content (AvgIpc) is 2.01. The second-order valence-electron chi connectivity index (χ2n) is 2.97. The fraction of sp³-hybridized carbons (Fsp3) is 0.875. The maximum absolute atomic E-state index is 12.0. The van der Waals surface area contributed by atoms with Crippen molar-refractivity contribution in [1.29, 1.82) is 0 Å². The van der Waals surface area contributed by atoms with Gasteiger partial charge in [-0.3, -0.25) is 4.79 Å². The molecule has 0 fully saturated rings. The highest BCUT2D eigenvalue weighted by Crippen LogP contribution is 2.17. The van der Waals surface area contributed by atoms with E-state index >= 15 is 0 Å². The number of carbonyl (C=O) groups is 1. The zero-order valence-corrected chi connectivity index (χ0v) is 8.10. The van der Waals surface area contributed by atoms with Crippen LogP contribution in [0.2, 0.25) is 0 Å². The van der Waals surface area contributed by atoms with Crippen LogP contribution in [-0.2, 0) is 4.79 Å². The van der Waals surface area contributed by atoms with E-state index in [4.69, 9.17) is 5.73 Å². The molecule has 0 saturated heterocycles. The zero-order chi connectivity index (χ0) is 11.2. The Bertz CT molecular complexity index is 182. The molecule has 0 heterocycles. The Balaban J connectivity index is 4.21. The topological polar surface area (TPSA) is 46.3 Å². The number of nitrogens with zero attached hydrogens (tertiary/aromatic N) is 1. The van der Waals surface area contributed by atoms with E-state index in [9.17, 15) is 18.0 Å². The van der Waals surface area contributed by atoms with Crippen LogP contribution in [0.4, 0.5) is 13.2 Å². The SMILES string of the molecule is CCCN(CC(F)(F)F)C(=O)CCN. The Morgan fingerprint density at radius 2 is 2.00 bits per heavy atom. The van der Waals surface area contributed by atoms with E-state index in [-0.39, 0.29) is 19.5 Å². The van der Waals surface area contributed by atoms with Gasteiger partial charge in [-0.2, -0.15) is 13.2 Å². The van der Waals surface area contributed by atoms with Gasteiger partial charge in [0.2, 0.25) is 5.91 Å². The van der Waals surface area contributed by atoms with Crippen molar-refractivity contribution in [2.45, 2.75) is 25.9 Å². The van der Waals surface area contributed by atoms with Crippen molar-refractivity contribution >= 4 is 5.91 Å². The van der Waals surface area contributed by atoms with Crippen molar-refractivity contribution in [2.75, 3.05) is 19.6 Å². The summed E-state index contributed by atoms with van der Waals surface area (Å²) < 4.78 is 36.0. The summed E-state index contributed by atoms with van der Waals surface area (Å²) in [5, 5.41) is 0. The molecule has 0 rings (SSSR count). The minimum Gasteiger partial charge on any atom is -0.334 e. The Morgan fingerprint density at radius 1 is 1.43 bits per heavy atom. The lowest BCUT2D eigenvalue weighted by Crippen LogP contribution is -2.40. The zero-order valence-electron chi connectivity index (χ0n) is 8.10. The van der Waals surface area contributed by atoms with Crippen molar-refractivity contribution < 1.29 is 18.0 Å². The summed E-state index contributed by atoms with van der Waals surface area (Å²) in [7, 11) is 0. The monoisotopic (exact) mass is 212 g/mol. The molecule has 0 atom stereocenters. The number of halogens is 3. The van der Waals surface area contributed by atoms with Gasteiger partial charge in [-0.25, -0.2) is 0 Å². The summed E-state index contributed by atoms with van der Waals surface area (Å²) >= 11 is 0. The second-order valence-corrected chi connectivity index (χ2v) is 2.97. The van der Waals surface area contributed by atoms with Gasteiger partial charge in [0.1, 0.15) is 6.54 Å². The average molecular weight is 212 g/mol. The van der Waals surface area contributed by atoms with Crippen LogP contribution in [0.15, 0.2) is 0 Å². The molecular formula is C8H15F3N2O. The highest BCUT2D eigenvalue weighted by molar-refractivity contribution is 5.76. The van der Waals surface area contributed by atoms with Gasteiger partial charge in [-0.15, -0.1) is 0 Å². The molecule has 0 aliphatic rings. The van der Waals surface area contributed by atoms with Crippen LogP contribution in [0.3, 0.4) is 0 Å². The largest absolute Gasteiger partial charge is 0.406 e. The standard InChI is InChI=1S/C8H15F3N2O/c1-2-5-13(6-8(9,10)11)7(14)3-4-12/h2-6,12H2,1H3. The van der Waals surface area contributed by atoms with Gasteiger partial charge in [0.15, 0.2) is 0 Å². The van der Waals surface area contributed by atoms with Crippen molar-refractivity contribution in [1.82, 2.24) is 4.90 Å². The van der Waals surface area contributed by atoms with Crippen LogP contribution in [0.5, 0.6) is 0 Å². The molecule has 3 nitrogen and oxygen atoms in total. The van der Waals surface area contributed by atoms with Crippen LogP contribution >= 0.6 is 0 Å². The lowest BCUT2D eigenvalue weighted by atomic mass is 10.3. The van der Waals surface area contributed by atoms with Gasteiger partial charge in [-0.05, 0) is 6.42 Å². The van der Waals surface area contributed by atoms with E-state index in [1.165, 1.54) is 0 Å². The fourth-order valence-corrected chi connectivity index (χ4v) is 1.06. The Morgan fingerprint density at radius 3 is 2.36 bits per heavy atom. The van der Waals surface area contributed by atoms with E-state index in [1.807, 2.05) is 0 Å². The normalized spacial score (nSPS) is 11.5. The first-order valence-electron chi connectivity index (χ1n) is 4.45. The van der Waals surface area contributed by atoms with Gasteiger partial charge >= 0.3 is 6.18 Å². The second kappa shape index (κ2) is 5.85. The molecule has 0 aromatic heterocycles. The van der Waals surface area contributed by atoms with Crippen LogP contribution in [-0.4, -0.2) is 36.6 Å². The molecule has 0 radical (unpaired) electrons. The maximum Gasteiger partial charge on any atom is 0.406 e. The minimum absolute atomic E-state index is 0.0317. The molecule has 0 aliphatic carbocycles. The Labute approximate surface area is 81.1 Å². The molecule has 0 unspecified atom stereocenters. The summed E-state index contributed by atoms with van der Waals surface area (Å²) in [5.41, 5.74) is 5.10. The maximum atomic E-state index is 12.0. The van der Waals surface area contributed by atoms with E-state index in [1.54, 1.807) is 6.92 Å². The van der Waals surface area contributed by atoms with Gasteiger partial charge in [-0.1, -0.05) is 6.92 Å². The molecule has 0 spiro atoms. The first-order chi connectivity index (χ1) is 6.40. The van der Waals surface area contributed by atoms with Gasteiger partial charge < -0.3 is 10.6 Å². The number of rotatable bonds is 5. The van der Waals surface area contributed by atoms with Crippen molar-refractivity contribution in [3.05, 3.63) is 0 Å². The number of hydrogen-bond donors (Lipinski definition) is 1. The van der Waals surface area contributed by atoms with Crippen LogP contribution in [0.1, 0.15) is 19.8 Å². The van der Waals surface area contributed by atoms with E-state index < -0.39 is 18.6 Å². The van der Waals surface area contributed by atoms with E-state index in [2.05, 4.69) is 0 Å². The molecule has 84 valence electrons. The third kappa shape index (κ3) is 5.80. The molecule has 0 aromatic rings. The molecule has 2 N–H and O–H groups in total. The highest BCUT2D eigenvalue weighted by Gasteiger charge is 2.32. The molecule has 0 aliphatic heterocycles. The van der Waals surface area contributed by atoms with Crippen molar-refractivity contribution in [3.63, 3.8) is 0 Å². The Kier molecular flexibility index (Phi) is 5.52. The first kappa shape index (κ1) is 13.2. The van der Waals surface area contributed by atoms with Crippen LogP contribution < -0.4 is 5.73 Å². The van der Waals surface area contributed by atoms with Gasteiger partial charge in [0.25, 0.3) is 0 Å². The number of alkyl halides is 3. The summed E-state index contributed by atoms with van der Waals surface area (Å²) in [4.78, 5) is 12.0. The molecule has 0 bridgehead atoms. The smallest absolute Gasteiger partial charge is 0.334 e. The molecule has 0 aromatic carbocycles. The van der Waals surface area contributed by atoms with E-state index in [0.29, 0.717) is 6.42 Å². The third-order valence-corrected chi connectivity index (χ3v) is 1.57. The molecule has 1 amide bonds. The summed E-state index contributed by atoms with van der Waals surface area (Å²) in [6.45, 7) is 0.744. The Hall–Kier alpha value is -0.780. The van der Waals surface area contributed by atoms with E-state index in [0.717, 1.165) is 4.90 Å². The predicted molar refractivity (Wildman–Crippen MR) is 46.6 cm³/mol. The molecule has 14 heavy (non-hydrogen) atoms. The van der Waals surface area contributed by atoms with Gasteiger partial charge in [0.05, 0.1) is 0 Å². The predicted octanol–water partition coefficient (Wildman–Crippen LogP) is 1.14. The minimum atomic E-state index is -4.33. The third-order valence-electron chi connectivity index (χ3n) is 1.57. The van der Waals surface area contributed by atoms with Gasteiger partial charge in [0, 0.05) is 19.5 Å². The molecule has 6 heteroatoms. The number of amides is 1. The highest BCUT2D eigenvalue weighted by atomic mass is 19.4. The van der Waals surface area contributed by atoms with Crippen molar-refractivity contribution in [2.24, 2.45) is 5.73 Å². The summed E-state index contributed by atoms with van der Waals surface area (Å²) in [6.07, 6.45) is -3.86. The van der Waals surface area contributed by atoms with Crippen LogP contribution in [0, 0.1) is 0 Å². The fourth-order valence-electron chi connectivity index (χ4n) is 1.06. The molecule has 0 saturated carbocycles. The number of carbonyl (C=O) groups excluding carboxylic acids is 1. The van der Waals surface area contributed by atoms with Crippen molar-refractivity contribution in [3.8, 4) is 0 Å². The lowest BCUT2D eigenvalue weighted by molar-refractivity contribution is -0.161. The van der Waals surface area contributed by atoms with Crippen LogP contribution in [0.25, 0.3) is 0 Å². The summed E-state index contributed by atoms with van der Waals surface area (Å²) in [5.74, 6) is -0.535. The number of nitrogens with two attached hydrogens (primary N) is 1. The quantitative estimate of drug-likeness (QED) is 0.742. The first-order valence-corrected chi connectivity index (χ1v) is 4.45. The number of hydrogen-bond acceptors (Lipinski definition) is 2. The lowest BCUT2D eigenvalue weighted by Gasteiger charge is -2.23.